The third-order valence-corrected chi connectivity index (χ3v) is 6.26. The molecule has 0 amide bonds. The smallest absolute Gasteiger partial charge is 0.0334 e. The minimum Gasteiger partial charge on any atom is -0.329 e. The second-order valence-electron chi connectivity index (χ2n) is 8.59. The first-order valence-corrected chi connectivity index (χ1v) is 9.42. The Balaban J connectivity index is 1.97. The van der Waals surface area contributed by atoms with Crippen LogP contribution in [0.25, 0.3) is 0 Å². The molecule has 0 aromatic rings. The zero-order chi connectivity index (χ0) is 15.5. The van der Waals surface area contributed by atoms with Crippen molar-refractivity contribution in [1.29, 1.82) is 0 Å². The molecule has 1 heterocycles. The SMILES string of the molecule is CC(C)CC1CCCC(CN)(N2CCC(C(C)C)CC2)C1. The van der Waals surface area contributed by atoms with Gasteiger partial charge in [-0.1, -0.05) is 40.5 Å². The molecule has 1 aliphatic heterocycles. The van der Waals surface area contributed by atoms with Gasteiger partial charge in [0.25, 0.3) is 0 Å². The summed E-state index contributed by atoms with van der Waals surface area (Å²) in [5.74, 6) is 3.52. The highest BCUT2D eigenvalue weighted by Crippen LogP contribution is 2.41. The van der Waals surface area contributed by atoms with Gasteiger partial charge < -0.3 is 5.73 Å². The van der Waals surface area contributed by atoms with Crippen molar-refractivity contribution in [3.8, 4) is 0 Å². The van der Waals surface area contributed by atoms with Gasteiger partial charge in [-0.05, 0) is 68.9 Å². The third kappa shape index (κ3) is 4.22. The number of hydrogen-bond acceptors (Lipinski definition) is 2. The zero-order valence-electron chi connectivity index (χ0n) is 14.9. The molecule has 1 saturated heterocycles. The molecular formula is C19H38N2. The molecule has 2 heteroatoms. The molecule has 0 bridgehead atoms. The Bertz CT molecular complexity index is 305. The highest BCUT2D eigenvalue weighted by molar-refractivity contribution is 4.98. The molecule has 124 valence electrons. The summed E-state index contributed by atoms with van der Waals surface area (Å²) in [5.41, 5.74) is 6.65. The Morgan fingerprint density at radius 3 is 2.29 bits per heavy atom. The first-order valence-electron chi connectivity index (χ1n) is 9.42. The van der Waals surface area contributed by atoms with E-state index in [0.29, 0.717) is 5.54 Å². The fraction of sp³-hybridized carbons (Fsp3) is 1.00. The van der Waals surface area contributed by atoms with Crippen LogP contribution >= 0.6 is 0 Å². The predicted octanol–water partition coefficient (Wildman–Crippen LogP) is 4.29. The van der Waals surface area contributed by atoms with Crippen LogP contribution in [0.3, 0.4) is 0 Å². The maximum absolute atomic E-state index is 6.31. The van der Waals surface area contributed by atoms with Crippen molar-refractivity contribution in [3.05, 3.63) is 0 Å². The molecule has 2 unspecified atom stereocenters. The summed E-state index contributed by atoms with van der Waals surface area (Å²) in [6.45, 7) is 13.0. The molecule has 2 aliphatic rings. The summed E-state index contributed by atoms with van der Waals surface area (Å²) in [4.78, 5) is 2.79. The fourth-order valence-electron chi connectivity index (χ4n) is 4.97. The summed E-state index contributed by atoms with van der Waals surface area (Å²) < 4.78 is 0. The standard InChI is InChI=1S/C19H38N2/c1-15(2)12-17-6-5-9-19(13-17,14-20)21-10-7-18(8-11-21)16(3)4/h15-18H,5-14,20H2,1-4H3. The van der Waals surface area contributed by atoms with E-state index in [1.165, 1.54) is 58.0 Å². The van der Waals surface area contributed by atoms with Crippen LogP contribution in [0.5, 0.6) is 0 Å². The summed E-state index contributed by atoms with van der Waals surface area (Å²) >= 11 is 0. The van der Waals surface area contributed by atoms with E-state index in [1.54, 1.807) is 0 Å². The summed E-state index contributed by atoms with van der Waals surface area (Å²) in [7, 11) is 0. The van der Waals surface area contributed by atoms with E-state index in [1.807, 2.05) is 0 Å². The van der Waals surface area contributed by atoms with Crippen molar-refractivity contribution in [1.82, 2.24) is 4.90 Å². The highest BCUT2D eigenvalue weighted by Gasteiger charge is 2.41. The Morgan fingerprint density at radius 2 is 1.76 bits per heavy atom. The van der Waals surface area contributed by atoms with Gasteiger partial charge in [-0.15, -0.1) is 0 Å². The van der Waals surface area contributed by atoms with Crippen LogP contribution in [0.2, 0.25) is 0 Å². The highest BCUT2D eigenvalue weighted by atomic mass is 15.2. The van der Waals surface area contributed by atoms with Gasteiger partial charge in [-0.3, -0.25) is 4.90 Å². The second kappa shape index (κ2) is 7.46. The van der Waals surface area contributed by atoms with Gasteiger partial charge in [-0.25, -0.2) is 0 Å². The van der Waals surface area contributed by atoms with E-state index in [9.17, 15) is 0 Å². The molecule has 1 aliphatic carbocycles. The summed E-state index contributed by atoms with van der Waals surface area (Å²) in [5, 5.41) is 0. The minimum atomic E-state index is 0.333. The van der Waals surface area contributed by atoms with Crippen molar-refractivity contribution in [2.75, 3.05) is 19.6 Å². The number of likely N-dealkylation sites (tertiary alicyclic amines) is 1. The summed E-state index contributed by atoms with van der Waals surface area (Å²) in [6, 6.07) is 0. The van der Waals surface area contributed by atoms with E-state index >= 15 is 0 Å². The molecule has 1 saturated carbocycles. The monoisotopic (exact) mass is 294 g/mol. The number of hydrogen-bond donors (Lipinski definition) is 1. The van der Waals surface area contributed by atoms with Gasteiger partial charge in [0.2, 0.25) is 0 Å². The van der Waals surface area contributed by atoms with Crippen LogP contribution in [0.15, 0.2) is 0 Å². The molecule has 2 N–H and O–H groups in total. The van der Waals surface area contributed by atoms with Crippen molar-refractivity contribution in [3.63, 3.8) is 0 Å². The molecule has 0 aromatic carbocycles. The van der Waals surface area contributed by atoms with Gasteiger partial charge in [0, 0.05) is 12.1 Å². The lowest BCUT2D eigenvalue weighted by molar-refractivity contribution is 0.00168. The predicted molar refractivity (Wildman–Crippen MR) is 92.3 cm³/mol. The largest absolute Gasteiger partial charge is 0.329 e. The number of nitrogens with zero attached hydrogens (tertiary/aromatic N) is 1. The Labute approximate surface area is 132 Å². The van der Waals surface area contributed by atoms with Crippen LogP contribution in [0.4, 0.5) is 0 Å². The van der Waals surface area contributed by atoms with Crippen LogP contribution < -0.4 is 5.73 Å². The molecule has 0 aromatic heterocycles. The third-order valence-electron chi connectivity index (χ3n) is 6.26. The van der Waals surface area contributed by atoms with E-state index in [2.05, 4.69) is 32.6 Å². The average molecular weight is 295 g/mol. The molecule has 0 spiro atoms. The molecule has 21 heavy (non-hydrogen) atoms. The maximum atomic E-state index is 6.31. The maximum Gasteiger partial charge on any atom is 0.0334 e. The first-order chi connectivity index (χ1) is 9.97. The molecule has 2 nitrogen and oxygen atoms in total. The van der Waals surface area contributed by atoms with Crippen molar-refractivity contribution < 1.29 is 0 Å². The van der Waals surface area contributed by atoms with Crippen LogP contribution in [-0.2, 0) is 0 Å². The lowest BCUT2D eigenvalue weighted by Gasteiger charge is -2.51. The number of rotatable bonds is 5. The lowest BCUT2D eigenvalue weighted by Crippen LogP contribution is -2.58. The summed E-state index contributed by atoms with van der Waals surface area (Å²) in [6.07, 6.45) is 9.67. The fourth-order valence-corrected chi connectivity index (χ4v) is 4.97. The average Bonchev–Trinajstić information content (AvgIpc) is 2.46. The topological polar surface area (TPSA) is 29.3 Å². The minimum absolute atomic E-state index is 0.333. The van der Waals surface area contributed by atoms with Gasteiger partial charge in [0.05, 0.1) is 0 Å². The van der Waals surface area contributed by atoms with Crippen LogP contribution in [0.1, 0.15) is 72.6 Å². The lowest BCUT2D eigenvalue weighted by atomic mass is 9.71. The number of nitrogens with two attached hydrogens (primary N) is 1. The Morgan fingerprint density at radius 1 is 1.10 bits per heavy atom. The van der Waals surface area contributed by atoms with E-state index in [4.69, 9.17) is 5.73 Å². The molecule has 2 fully saturated rings. The van der Waals surface area contributed by atoms with E-state index < -0.39 is 0 Å². The normalized spacial score (nSPS) is 33.0. The zero-order valence-corrected chi connectivity index (χ0v) is 14.9. The molecule has 2 atom stereocenters. The molecule has 0 radical (unpaired) electrons. The van der Waals surface area contributed by atoms with Crippen molar-refractivity contribution in [2.24, 2.45) is 29.4 Å². The Hall–Kier alpha value is -0.0800. The molecular weight excluding hydrogens is 256 g/mol. The van der Waals surface area contributed by atoms with Crippen molar-refractivity contribution in [2.45, 2.75) is 78.2 Å². The van der Waals surface area contributed by atoms with Crippen LogP contribution in [-0.4, -0.2) is 30.1 Å². The van der Waals surface area contributed by atoms with Gasteiger partial charge in [0.1, 0.15) is 0 Å². The van der Waals surface area contributed by atoms with E-state index in [-0.39, 0.29) is 0 Å². The van der Waals surface area contributed by atoms with Gasteiger partial charge >= 0.3 is 0 Å². The van der Waals surface area contributed by atoms with E-state index in [0.717, 1.165) is 30.2 Å². The van der Waals surface area contributed by atoms with Gasteiger partial charge in [-0.2, -0.15) is 0 Å². The quantitative estimate of drug-likeness (QED) is 0.819. The number of piperidine rings is 1. The first kappa shape index (κ1) is 17.3. The van der Waals surface area contributed by atoms with Crippen molar-refractivity contribution >= 4 is 0 Å². The van der Waals surface area contributed by atoms with Crippen LogP contribution in [0, 0.1) is 23.7 Å². The second-order valence-corrected chi connectivity index (χ2v) is 8.59. The molecule has 2 rings (SSSR count). The van der Waals surface area contributed by atoms with Gasteiger partial charge in [0.15, 0.2) is 0 Å². The Kier molecular flexibility index (Phi) is 6.14.